The number of nitrogens with zero attached hydrogens (tertiary/aromatic N) is 2. The monoisotopic (exact) mass is 546 g/mol. The van der Waals surface area contributed by atoms with Gasteiger partial charge in [0.15, 0.2) is 5.60 Å². The summed E-state index contributed by atoms with van der Waals surface area (Å²) >= 11 is 18.0. The largest absolute Gasteiger partial charge is 0.478 e. The van der Waals surface area contributed by atoms with E-state index in [1.165, 1.54) is 30.6 Å². The van der Waals surface area contributed by atoms with E-state index in [9.17, 15) is 24.6 Å². The van der Waals surface area contributed by atoms with Gasteiger partial charge in [-0.1, -0.05) is 59.1 Å². The van der Waals surface area contributed by atoms with Crippen LogP contribution in [0, 0.1) is 0 Å². The molecule has 2 N–H and O–H groups in total. The number of carboxylic acid groups (broad SMARTS) is 1. The molecule has 0 spiro atoms. The lowest BCUT2D eigenvalue weighted by Crippen LogP contribution is -2.65. The highest BCUT2D eigenvalue weighted by Gasteiger charge is 2.51. The van der Waals surface area contributed by atoms with Crippen LogP contribution in [0.4, 0.5) is 4.79 Å². The van der Waals surface area contributed by atoms with Crippen molar-refractivity contribution < 1.29 is 29.3 Å². The summed E-state index contributed by atoms with van der Waals surface area (Å²) in [6, 6.07) is 5.82. The molecule has 3 rings (SSSR count). The number of carboxylic acids is 1. The summed E-state index contributed by atoms with van der Waals surface area (Å²) in [6.07, 6.45) is -0.776. The Morgan fingerprint density at radius 2 is 1.86 bits per heavy atom. The highest BCUT2D eigenvalue weighted by Crippen LogP contribution is 2.43. The second-order valence-corrected chi connectivity index (χ2v) is 11.8. The number of carbonyl (C=O) groups is 3. The van der Waals surface area contributed by atoms with E-state index in [4.69, 9.17) is 39.5 Å². The average Bonchev–Trinajstić information content (AvgIpc) is 2.70. The first-order chi connectivity index (χ1) is 16.1. The molecule has 0 aliphatic carbocycles. The molecular weight excluding hydrogens is 519 g/mol. The van der Waals surface area contributed by atoms with Crippen LogP contribution in [-0.4, -0.2) is 78.7 Å². The Bertz CT molecular complexity index is 1050. The van der Waals surface area contributed by atoms with Gasteiger partial charge in [-0.15, -0.1) is 0 Å². The quantitative estimate of drug-likeness (QED) is 0.539. The van der Waals surface area contributed by atoms with E-state index < -0.39 is 39.6 Å². The molecule has 2 amide bonds. The highest BCUT2D eigenvalue weighted by molar-refractivity contribution is 6.68. The topological polar surface area (TPSA) is 107 Å². The van der Waals surface area contributed by atoms with Gasteiger partial charge in [-0.05, 0) is 50.3 Å². The molecule has 1 fully saturated rings. The summed E-state index contributed by atoms with van der Waals surface area (Å²) in [6.45, 7) is 6.18. The molecule has 11 heteroatoms. The first-order valence-corrected chi connectivity index (χ1v) is 12.3. The van der Waals surface area contributed by atoms with Crippen LogP contribution in [0.15, 0.2) is 29.8 Å². The number of rotatable bonds is 5. The van der Waals surface area contributed by atoms with E-state index in [-0.39, 0.29) is 31.0 Å². The Hall–Kier alpha value is -2.00. The molecule has 1 saturated heterocycles. The average molecular weight is 548 g/mol. The van der Waals surface area contributed by atoms with Gasteiger partial charge < -0.3 is 19.8 Å². The molecule has 192 valence electrons. The molecule has 3 atom stereocenters. The van der Waals surface area contributed by atoms with Crippen molar-refractivity contribution in [3.63, 3.8) is 0 Å². The summed E-state index contributed by atoms with van der Waals surface area (Å²) in [4.78, 5) is 40.9. The van der Waals surface area contributed by atoms with Crippen molar-refractivity contribution in [1.82, 2.24) is 9.80 Å². The predicted octanol–water partition coefficient (Wildman–Crippen LogP) is 4.04. The smallest absolute Gasteiger partial charge is 0.411 e. The van der Waals surface area contributed by atoms with Crippen molar-refractivity contribution in [3.8, 4) is 0 Å². The Kier molecular flexibility index (Phi) is 8.01. The van der Waals surface area contributed by atoms with E-state index >= 15 is 0 Å². The number of ether oxygens (including phenoxy) is 1. The number of carbonyl (C=O) groups excluding carboxylic acids is 2. The molecule has 35 heavy (non-hydrogen) atoms. The van der Waals surface area contributed by atoms with Crippen LogP contribution < -0.4 is 0 Å². The van der Waals surface area contributed by atoms with Crippen molar-refractivity contribution in [2.24, 2.45) is 0 Å². The fraction of sp³-hybridized carbons (Fsp3) is 0.542. The minimum Gasteiger partial charge on any atom is -0.478 e. The van der Waals surface area contributed by atoms with Gasteiger partial charge in [0.05, 0.1) is 23.8 Å². The number of aliphatic carboxylic acids is 1. The van der Waals surface area contributed by atoms with Gasteiger partial charge in [0.25, 0.3) is 0 Å². The molecule has 1 aromatic rings. The maximum Gasteiger partial charge on any atom is 0.411 e. The van der Waals surface area contributed by atoms with Crippen molar-refractivity contribution in [3.05, 3.63) is 41.0 Å². The normalized spacial score (nSPS) is 21.6. The Morgan fingerprint density at radius 1 is 1.20 bits per heavy atom. The molecule has 2 heterocycles. The van der Waals surface area contributed by atoms with E-state index in [1.54, 1.807) is 13.0 Å². The molecule has 0 aromatic heterocycles. The van der Waals surface area contributed by atoms with Gasteiger partial charge in [-0.3, -0.25) is 9.69 Å². The third-order valence-electron chi connectivity index (χ3n) is 6.37. The summed E-state index contributed by atoms with van der Waals surface area (Å²) in [5.41, 5.74) is 0.641. The molecule has 2 bridgehead atoms. The summed E-state index contributed by atoms with van der Waals surface area (Å²) < 4.78 is 3.63. The maximum absolute atomic E-state index is 13.3. The molecule has 0 radical (unpaired) electrons. The van der Waals surface area contributed by atoms with E-state index in [1.807, 2.05) is 18.2 Å². The number of hydrogen-bond acceptors (Lipinski definition) is 5. The molecule has 2 aliphatic rings. The zero-order valence-corrected chi connectivity index (χ0v) is 22.2. The Morgan fingerprint density at radius 3 is 2.40 bits per heavy atom. The third-order valence-corrected chi connectivity index (χ3v) is 7.74. The van der Waals surface area contributed by atoms with Crippen LogP contribution in [-0.2, 0) is 20.7 Å². The number of aliphatic hydroxyl groups is 1. The predicted molar refractivity (Wildman–Crippen MR) is 134 cm³/mol. The van der Waals surface area contributed by atoms with Crippen LogP contribution >= 0.6 is 34.8 Å². The van der Waals surface area contributed by atoms with Gasteiger partial charge in [-0.25, -0.2) is 9.59 Å². The van der Waals surface area contributed by atoms with Crippen molar-refractivity contribution in [1.29, 1.82) is 0 Å². The van der Waals surface area contributed by atoms with Gasteiger partial charge in [0.2, 0.25) is 9.70 Å². The lowest BCUT2D eigenvalue weighted by molar-refractivity contribution is -0.137. The summed E-state index contributed by atoms with van der Waals surface area (Å²) in [5.74, 6) is -1.42. The molecule has 0 saturated carbocycles. The number of hydrogen-bond donors (Lipinski definition) is 2. The lowest BCUT2D eigenvalue weighted by Gasteiger charge is -2.50. The second-order valence-electron chi connectivity index (χ2n) is 9.53. The van der Waals surface area contributed by atoms with Crippen molar-refractivity contribution in [2.45, 2.75) is 68.1 Å². The fourth-order valence-corrected chi connectivity index (χ4v) is 4.66. The van der Waals surface area contributed by atoms with Crippen LogP contribution in [0.2, 0.25) is 0 Å². The van der Waals surface area contributed by atoms with Crippen LogP contribution in [0.25, 0.3) is 5.57 Å². The first kappa shape index (κ1) is 27.6. The number of aliphatic hydroxyl groups excluding tert-OH is 1. The Labute approximate surface area is 219 Å². The maximum atomic E-state index is 13.3. The van der Waals surface area contributed by atoms with E-state index in [0.717, 1.165) is 5.56 Å². The molecule has 8 nitrogen and oxygen atoms in total. The van der Waals surface area contributed by atoms with E-state index in [0.29, 0.717) is 17.6 Å². The summed E-state index contributed by atoms with van der Waals surface area (Å²) in [5, 5.41) is 20.0. The number of alkyl halides is 3. The van der Waals surface area contributed by atoms with E-state index in [2.05, 4.69) is 0 Å². The molecule has 2 aliphatic heterocycles. The minimum absolute atomic E-state index is 0.00466. The number of benzene rings is 1. The molecule has 2 unspecified atom stereocenters. The van der Waals surface area contributed by atoms with Crippen LogP contribution in [0.5, 0.6) is 0 Å². The molecule has 1 aromatic carbocycles. The number of piperazine rings is 1. The highest BCUT2D eigenvalue weighted by atomic mass is 35.6. The number of fused-ring (bicyclic) bond motifs is 2. The molecular formula is C24H29Cl3N2O6. The fourth-order valence-electron chi connectivity index (χ4n) is 4.54. The number of amides is 2. The minimum atomic E-state index is -1.92. The van der Waals surface area contributed by atoms with Crippen molar-refractivity contribution >= 4 is 58.3 Å². The van der Waals surface area contributed by atoms with Crippen LogP contribution in [0.3, 0.4) is 0 Å². The Balaban J connectivity index is 2.09. The lowest BCUT2D eigenvalue weighted by atomic mass is 9.81. The van der Waals surface area contributed by atoms with Gasteiger partial charge >= 0.3 is 12.1 Å². The number of halogens is 3. The summed E-state index contributed by atoms with van der Waals surface area (Å²) in [7, 11) is 0. The standard InChI is InChI=1S/C24H29Cl3N2O6/c1-13(30)8-15-6-5-7-16(9-15)18-10-17-11-28(14(2)31)12-19(20(18)21(32)33)29(17)22(34)35-23(3,4)24(25,26)27/h5-7,9,13,17,19,30H,8,10-12H2,1-4H3,(H,32,33)/t13?,17?,19-/m1/s1. The van der Waals surface area contributed by atoms with Gasteiger partial charge in [0.1, 0.15) is 0 Å². The van der Waals surface area contributed by atoms with Gasteiger partial charge in [0, 0.05) is 20.0 Å². The zero-order valence-electron chi connectivity index (χ0n) is 19.9. The third kappa shape index (κ3) is 5.88. The van der Waals surface area contributed by atoms with Crippen LogP contribution in [0.1, 0.15) is 45.2 Å². The second kappa shape index (κ2) is 10.2. The van der Waals surface area contributed by atoms with Crippen molar-refractivity contribution in [2.75, 3.05) is 13.1 Å². The first-order valence-electron chi connectivity index (χ1n) is 11.2. The zero-order chi connectivity index (χ0) is 26.3. The SMILES string of the molecule is CC(=O)N1CC2CC(c3cccc(CC(C)O)c3)=C(C(=O)O)[C@@H](C1)N2C(=O)OC(C)(C)C(Cl)(Cl)Cl. The van der Waals surface area contributed by atoms with Gasteiger partial charge in [-0.2, -0.15) is 0 Å².